The molecule has 43 heavy (non-hydrogen) atoms. The predicted molar refractivity (Wildman–Crippen MR) is 172 cm³/mol. The van der Waals surface area contributed by atoms with Gasteiger partial charge in [0, 0.05) is 5.56 Å². The zero-order valence-electron chi connectivity index (χ0n) is 25.3. The van der Waals surface area contributed by atoms with Crippen molar-refractivity contribution in [2.24, 2.45) is 5.10 Å². The fraction of sp³-hybridized carbons (Fsp3) is 0.333. The molecule has 0 bridgehead atoms. The topological polar surface area (TPSA) is 101 Å². The molecule has 0 fully saturated rings. The quantitative estimate of drug-likeness (QED) is 0.122. The molecule has 3 aromatic carbocycles. The lowest BCUT2D eigenvalue weighted by Gasteiger charge is -2.18. The third-order valence-corrected chi connectivity index (χ3v) is 7.16. The highest BCUT2D eigenvalue weighted by Gasteiger charge is 2.19. The first kappa shape index (κ1) is 31.7. The number of aromatic nitrogens is 2. The van der Waals surface area contributed by atoms with Gasteiger partial charge in [-0.15, -0.1) is 0 Å². The molecule has 0 amide bonds. The van der Waals surface area contributed by atoms with Crippen LogP contribution in [-0.2, 0) is 9.53 Å². The summed E-state index contributed by atoms with van der Waals surface area (Å²) in [6.07, 6.45) is 1.57. The minimum absolute atomic E-state index is 0.184. The summed E-state index contributed by atoms with van der Waals surface area (Å²) in [5.41, 5.74) is 3.63. The van der Waals surface area contributed by atoms with E-state index in [-0.39, 0.29) is 24.7 Å². The van der Waals surface area contributed by atoms with Crippen molar-refractivity contribution in [1.29, 1.82) is 0 Å². The maximum atomic E-state index is 13.8. The van der Waals surface area contributed by atoms with Crippen molar-refractivity contribution in [3.05, 3.63) is 80.0 Å². The van der Waals surface area contributed by atoms with Crippen LogP contribution in [0.15, 0.2) is 62.9 Å². The first-order chi connectivity index (χ1) is 20.7. The van der Waals surface area contributed by atoms with Crippen molar-refractivity contribution in [2.45, 2.75) is 47.5 Å². The van der Waals surface area contributed by atoms with Crippen LogP contribution in [0.3, 0.4) is 0 Å². The van der Waals surface area contributed by atoms with E-state index >= 15 is 0 Å². The normalized spacial score (nSPS) is 11.3. The van der Waals surface area contributed by atoms with Crippen LogP contribution >= 0.6 is 15.9 Å². The monoisotopic (exact) mass is 649 g/mol. The number of rotatable bonds is 12. The number of carbonyl (C=O) groups excluding carboxylic acids is 1. The molecule has 0 saturated heterocycles. The molecule has 4 rings (SSSR count). The maximum absolute atomic E-state index is 13.8. The molecule has 0 atom stereocenters. The number of hydrogen-bond donors (Lipinski definition) is 0. The van der Waals surface area contributed by atoms with Crippen LogP contribution in [0.25, 0.3) is 22.3 Å². The van der Waals surface area contributed by atoms with Crippen LogP contribution in [-0.4, -0.2) is 48.3 Å². The predicted octanol–water partition coefficient (Wildman–Crippen LogP) is 6.88. The van der Waals surface area contributed by atoms with Crippen molar-refractivity contribution in [2.75, 3.05) is 26.4 Å². The Hall–Kier alpha value is -4.18. The number of ether oxygens (including phenoxy) is 4. The molecule has 1 aromatic heterocycles. The van der Waals surface area contributed by atoms with E-state index in [0.717, 1.165) is 22.4 Å². The van der Waals surface area contributed by atoms with Gasteiger partial charge in [-0.25, -0.2) is 9.78 Å². The average molecular weight is 651 g/mol. The third-order valence-electron chi connectivity index (χ3n) is 6.57. The molecule has 9 nitrogen and oxygen atoms in total. The summed E-state index contributed by atoms with van der Waals surface area (Å²) in [6.45, 7) is 12.6. The van der Waals surface area contributed by atoms with Gasteiger partial charge in [0.15, 0.2) is 23.9 Å². The fourth-order valence-electron chi connectivity index (χ4n) is 4.60. The van der Waals surface area contributed by atoms with E-state index in [4.69, 9.17) is 23.9 Å². The molecule has 0 spiro atoms. The lowest BCUT2D eigenvalue weighted by molar-refractivity contribution is -0.145. The van der Waals surface area contributed by atoms with E-state index in [1.54, 1.807) is 37.4 Å². The van der Waals surface area contributed by atoms with Crippen molar-refractivity contribution in [3.63, 3.8) is 0 Å². The highest BCUT2D eigenvalue weighted by molar-refractivity contribution is 9.10. The van der Waals surface area contributed by atoms with Crippen LogP contribution in [0, 0.1) is 6.92 Å². The lowest BCUT2D eigenvalue weighted by atomic mass is 9.96. The van der Waals surface area contributed by atoms with Crippen molar-refractivity contribution in [1.82, 2.24) is 9.66 Å². The van der Waals surface area contributed by atoms with E-state index in [2.05, 4.69) is 34.9 Å². The van der Waals surface area contributed by atoms with Gasteiger partial charge in [0.1, 0.15) is 5.75 Å². The summed E-state index contributed by atoms with van der Waals surface area (Å²) in [5.74, 6) is 1.71. The number of nitrogens with zero attached hydrogens (tertiary/aromatic N) is 3. The standard InChI is InChI=1S/C33H36BrN3O6/c1-7-40-28-14-21(6)25(17-24(28)20(4)5)32-36-27-13-11-10-12-23(27)33(39)37(32)35-18-22-15-26(34)31(29(16-22)41-8-2)43-19-30(38)42-9-3/h10-18,20H,7-9,19H2,1-6H3. The molecule has 0 radical (unpaired) electrons. The van der Waals surface area contributed by atoms with Gasteiger partial charge in [-0.2, -0.15) is 9.78 Å². The van der Waals surface area contributed by atoms with Crippen LogP contribution in [0.2, 0.25) is 0 Å². The number of halogens is 1. The first-order valence-electron chi connectivity index (χ1n) is 14.3. The molecule has 0 saturated carbocycles. The molecule has 0 unspecified atom stereocenters. The Labute approximate surface area is 259 Å². The second-order valence-electron chi connectivity index (χ2n) is 9.96. The zero-order valence-corrected chi connectivity index (χ0v) is 26.9. The van der Waals surface area contributed by atoms with Gasteiger partial charge in [0.05, 0.1) is 41.4 Å². The Morgan fingerprint density at radius 3 is 2.42 bits per heavy atom. The first-order valence-corrected chi connectivity index (χ1v) is 15.1. The maximum Gasteiger partial charge on any atom is 0.344 e. The van der Waals surface area contributed by atoms with E-state index in [1.165, 1.54) is 4.68 Å². The molecule has 0 aliphatic heterocycles. The molecule has 0 N–H and O–H groups in total. The highest BCUT2D eigenvalue weighted by atomic mass is 79.9. The van der Waals surface area contributed by atoms with Crippen LogP contribution in [0.4, 0.5) is 0 Å². The summed E-state index contributed by atoms with van der Waals surface area (Å²) in [7, 11) is 0. The van der Waals surface area contributed by atoms with Gasteiger partial charge < -0.3 is 18.9 Å². The number of carbonyl (C=O) groups is 1. The molecular weight excluding hydrogens is 614 g/mol. The Bertz CT molecular complexity index is 1710. The van der Waals surface area contributed by atoms with E-state index < -0.39 is 5.97 Å². The van der Waals surface area contributed by atoms with Crippen LogP contribution in [0.5, 0.6) is 17.2 Å². The SMILES string of the molecule is CCOC(=O)COc1c(Br)cc(C=Nn2c(-c3cc(C(C)C)c(OCC)cc3C)nc3ccccc3c2=O)cc1OCC. The second-order valence-corrected chi connectivity index (χ2v) is 10.8. The summed E-state index contributed by atoms with van der Waals surface area (Å²) in [6, 6.07) is 14.7. The molecule has 1 heterocycles. The van der Waals surface area contributed by atoms with Gasteiger partial charge in [0.25, 0.3) is 5.56 Å². The van der Waals surface area contributed by atoms with Gasteiger partial charge in [0.2, 0.25) is 0 Å². The Kier molecular flexibility index (Phi) is 10.6. The van der Waals surface area contributed by atoms with Crippen LogP contribution < -0.4 is 19.8 Å². The smallest absolute Gasteiger partial charge is 0.344 e. The van der Waals surface area contributed by atoms with Gasteiger partial charge in [-0.3, -0.25) is 4.79 Å². The Morgan fingerprint density at radius 1 is 1.00 bits per heavy atom. The largest absolute Gasteiger partial charge is 0.494 e. The molecule has 0 aliphatic rings. The lowest BCUT2D eigenvalue weighted by Crippen LogP contribution is -2.21. The highest BCUT2D eigenvalue weighted by Crippen LogP contribution is 2.37. The number of hydrogen-bond acceptors (Lipinski definition) is 8. The van der Waals surface area contributed by atoms with E-state index in [0.29, 0.717) is 51.5 Å². The van der Waals surface area contributed by atoms with E-state index in [1.807, 2.05) is 45.0 Å². The summed E-state index contributed by atoms with van der Waals surface area (Å²) < 4.78 is 24.3. The Morgan fingerprint density at radius 2 is 1.72 bits per heavy atom. The molecular formula is C33H36BrN3O6. The van der Waals surface area contributed by atoms with Crippen molar-refractivity contribution < 1.29 is 23.7 Å². The molecule has 226 valence electrons. The zero-order chi connectivity index (χ0) is 31.1. The fourth-order valence-corrected chi connectivity index (χ4v) is 5.17. The number of aryl methyl sites for hydroxylation is 1. The third kappa shape index (κ3) is 7.25. The summed E-state index contributed by atoms with van der Waals surface area (Å²) in [4.78, 5) is 30.6. The average Bonchev–Trinajstić information content (AvgIpc) is 2.96. The molecule has 4 aromatic rings. The van der Waals surface area contributed by atoms with Crippen molar-refractivity contribution in [3.8, 4) is 28.6 Å². The number of esters is 1. The minimum atomic E-state index is -0.483. The summed E-state index contributed by atoms with van der Waals surface area (Å²) in [5, 5.41) is 5.10. The number of para-hydroxylation sites is 1. The van der Waals surface area contributed by atoms with Crippen LogP contribution in [0.1, 0.15) is 57.2 Å². The molecule has 0 aliphatic carbocycles. The summed E-state index contributed by atoms with van der Waals surface area (Å²) >= 11 is 3.52. The van der Waals surface area contributed by atoms with E-state index in [9.17, 15) is 9.59 Å². The number of fused-ring (bicyclic) bond motifs is 1. The van der Waals surface area contributed by atoms with Gasteiger partial charge in [-0.1, -0.05) is 26.0 Å². The van der Waals surface area contributed by atoms with Gasteiger partial charge in [-0.05, 0) is 103 Å². The second kappa shape index (κ2) is 14.3. The number of benzene rings is 3. The Balaban J connectivity index is 1.85. The van der Waals surface area contributed by atoms with Crippen molar-refractivity contribution >= 4 is 39.0 Å². The van der Waals surface area contributed by atoms with Gasteiger partial charge >= 0.3 is 5.97 Å². The minimum Gasteiger partial charge on any atom is -0.494 e. The molecule has 10 heteroatoms.